The van der Waals surface area contributed by atoms with Crippen molar-refractivity contribution in [2.75, 3.05) is 19.8 Å². The summed E-state index contributed by atoms with van der Waals surface area (Å²) >= 11 is 5.90. The van der Waals surface area contributed by atoms with Crippen molar-refractivity contribution in [3.05, 3.63) is 41.0 Å². The zero-order chi connectivity index (χ0) is 17.6. The third kappa shape index (κ3) is 5.14. The fraction of sp³-hybridized carbons (Fsp3) is 0.389. The zero-order valence-electron chi connectivity index (χ0n) is 14.0. The van der Waals surface area contributed by atoms with Crippen molar-refractivity contribution in [3.63, 3.8) is 0 Å². The molecule has 1 unspecified atom stereocenters. The van der Waals surface area contributed by atoms with Gasteiger partial charge in [0.05, 0.1) is 6.10 Å². The van der Waals surface area contributed by atoms with E-state index < -0.39 is 0 Å². The van der Waals surface area contributed by atoms with Crippen LogP contribution in [0.3, 0.4) is 0 Å². The first kappa shape index (κ1) is 17.6. The van der Waals surface area contributed by atoms with E-state index in [0.717, 1.165) is 30.7 Å². The maximum Gasteiger partial charge on any atom is 0.258 e. The molecule has 1 aliphatic rings. The molecule has 2 aromatic rings. The number of nitrogens with zero attached hydrogens (tertiary/aromatic N) is 2. The molecule has 0 spiro atoms. The predicted molar refractivity (Wildman–Crippen MR) is 94.7 cm³/mol. The van der Waals surface area contributed by atoms with Gasteiger partial charge in [0.2, 0.25) is 5.88 Å². The van der Waals surface area contributed by atoms with Crippen molar-refractivity contribution in [2.45, 2.75) is 25.9 Å². The number of nitrogens with one attached hydrogen (secondary N) is 1. The lowest BCUT2D eigenvalue weighted by molar-refractivity contribution is -0.123. The minimum atomic E-state index is -0.195. The predicted octanol–water partition coefficient (Wildman–Crippen LogP) is 2.78. The Bertz CT molecular complexity index is 731. The number of hydrogen-bond acceptors (Lipinski definition) is 5. The highest BCUT2D eigenvalue weighted by Crippen LogP contribution is 2.21. The van der Waals surface area contributed by atoms with Gasteiger partial charge in [0.25, 0.3) is 5.91 Å². The number of carbonyl (C=O) groups excluding carboxylic acids is 1. The molecule has 1 atom stereocenters. The Morgan fingerprint density at radius 1 is 1.36 bits per heavy atom. The molecular weight excluding hydrogens is 342 g/mol. The number of aryl methyl sites for hydroxylation is 1. The van der Waals surface area contributed by atoms with E-state index >= 15 is 0 Å². The molecule has 0 radical (unpaired) electrons. The Hall–Kier alpha value is -2.18. The van der Waals surface area contributed by atoms with E-state index in [9.17, 15) is 4.79 Å². The molecule has 1 fully saturated rings. The Morgan fingerprint density at radius 2 is 2.16 bits per heavy atom. The van der Waals surface area contributed by atoms with Gasteiger partial charge < -0.3 is 14.8 Å². The molecule has 132 valence electrons. The Morgan fingerprint density at radius 3 is 2.88 bits per heavy atom. The second-order valence-electron chi connectivity index (χ2n) is 5.91. The van der Waals surface area contributed by atoms with Gasteiger partial charge in [0.1, 0.15) is 0 Å². The molecule has 1 aromatic heterocycles. The summed E-state index contributed by atoms with van der Waals surface area (Å²) in [7, 11) is 0. The minimum absolute atomic E-state index is 0.0940. The van der Waals surface area contributed by atoms with Crippen molar-refractivity contribution in [1.29, 1.82) is 0 Å². The lowest BCUT2D eigenvalue weighted by Gasteiger charge is -2.11. The van der Waals surface area contributed by atoms with E-state index in [2.05, 4.69) is 15.3 Å². The van der Waals surface area contributed by atoms with Gasteiger partial charge in [-0.25, -0.2) is 4.98 Å². The van der Waals surface area contributed by atoms with Crippen LogP contribution in [0.15, 0.2) is 30.3 Å². The topological polar surface area (TPSA) is 73.3 Å². The zero-order valence-corrected chi connectivity index (χ0v) is 14.8. The highest BCUT2D eigenvalue weighted by Gasteiger charge is 2.16. The first-order valence-corrected chi connectivity index (χ1v) is 8.60. The van der Waals surface area contributed by atoms with Gasteiger partial charge in [-0.15, -0.1) is 0 Å². The molecule has 6 nitrogen and oxygen atoms in total. The molecule has 1 N–H and O–H groups in total. The SMILES string of the molecule is Cc1cc(OCC(=O)NCC2CCCO2)nc(-c2ccc(Cl)cc2)n1. The van der Waals surface area contributed by atoms with Crippen LogP contribution in [0.25, 0.3) is 11.4 Å². The number of benzene rings is 1. The second-order valence-corrected chi connectivity index (χ2v) is 6.34. The average Bonchev–Trinajstić information content (AvgIpc) is 3.12. The maximum atomic E-state index is 11.9. The van der Waals surface area contributed by atoms with Crippen LogP contribution < -0.4 is 10.1 Å². The molecule has 1 aromatic carbocycles. The molecule has 1 saturated heterocycles. The third-order valence-electron chi connectivity index (χ3n) is 3.84. The van der Waals surface area contributed by atoms with Gasteiger partial charge >= 0.3 is 0 Å². The van der Waals surface area contributed by atoms with Crippen LogP contribution >= 0.6 is 11.6 Å². The Labute approximate surface area is 151 Å². The fourth-order valence-electron chi connectivity index (χ4n) is 2.57. The van der Waals surface area contributed by atoms with E-state index in [1.807, 2.05) is 19.1 Å². The van der Waals surface area contributed by atoms with E-state index in [-0.39, 0.29) is 18.6 Å². The summed E-state index contributed by atoms with van der Waals surface area (Å²) in [6.07, 6.45) is 2.14. The van der Waals surface area contributed by atoms with E-state index in [4.69, 9.17) is 21.1 Å². The molecule has 25 heavy (non-hydrogen) atoms. The van der Waals surface area contributed by atoms with Crippen LogP contribution in [0.5, 0.6) is 5.88 Å². The van der Waals surface area contributed by atoms with Gasteiger partial charge in [-0.1, -0.05) is 11.6 Å². The van der Waals surface area contributed by atoms with Crippen molar-refractivity contribution < 1.29 is 14.3 Å². The van der Waals surface area contributed by atoms with Crippen molar-refractivity contribution >= 4 is 17.5 Å². The quantitative estimate of drug-likeness (QED) is 0.856. The summed E-state index contributed by atoms with van der Waals surface area (Å²) in [5.41, 5.74) is 1.59. The molecule has 0 bridgehead atoms. The number of aromatic nitrogens is 2. The highest BCUT2D eigenvalue weighted by molar-refractivity contribution is 6.30. The van der Waals surface area contributed by atoms with Gasteiger partial charge in [-0.05, 0) is 44.0 Å². The second kappa shape index (κ2) is 8.27. The van der Waals surface area contributed by atoms with Gasteiger partial charge in [0.15, 0.2) is 12.4 Å². The lowest BCUT2D eigenvalue weighted by atomic mass is 10.2. The lowest BCUT2D eigenvalue weighted by Crippen LogP contribution is -2.35. The highest BCUT2D eigenvalue weighted by atomic mass is 35.5. The van der Waals surface area contributed by atoms with Crippen LogP contribution in [0.2, 0.25) is 5.02 Å². The smallest absolute Gasteiger partial charge is 0.258 e. The summed E-state index contributed by atoms with van der Waals surface area (Å²) < 4.78 is 11.0. The minimum Gasteiger partial charge on any atom is -0.467 e. The molecule has 3 rings (SSSR count). The average molecular weight is 362 g/mol. The standard InChI is InChI=1S/C18H20ClN3O3/c1-12-9-17(22-18(21-12)13-4-6-14(19)7-5-13)25-11-16(23)20-10-15-3-2-8-24-15/h4-7,9,15H,2-3,8,10-11H2,1H3,(H,20,23). The first-order valence-electron chi connectivity index (χ1n) is 8.23. The van der Waals surface area contributed by atoms with Crippen molar-refractivity contribution in [2.24, 2.45) is 0 Å². The summed E-state index contributed by atoms with van der Waals surface area (Å²) in [5, 5.41) is 3.46. The number of rotatable bonds is 6. The monoisotopic (exact) mass is 361 g/mol. The molecule has 0 aliphatic carbocycles. The molecule has 2 heterocycles. The molecule has 1 amide bonds. The Balaban J connectivity index is 1.58. The fourth-order valence-corrected chi connectivity index (χ4v) is 2.69. The summed E-state index contributed by atoms with van der Waals surface area (Å²) in [4.78, 5) is 20.7. The van der Waals surface area contributed by atoms with Crippen LogP contribution in [-0.4, -0.2) is 41.7 Å². The largest absolute Gasteiger partial charge is 0.467 e. The number of ether oxygens (including phenoxy) is 2. The van der Waals surface area contributed by atoms with Gasteiger partial charge in [0, 0.05) is 35.5 Å². The number of halogens is 1. The molecule has 0 saturated carbocycles. The van der Waals surface area contributed by atoms with Gasteiger partial charge in [-0.2, -0.15) is 4.98 Å². The normalized spacial score (nSPS) is 16.6. The third-order valence-corrected chi connectivity index (χ3v) is 4.09. The summed E-state index contributed by atoms with van der Waals surface area (Å²) in [5.74, 6) is 0.705. The first-order chi connectivity index (χ1) is 12.1. The van der Waals surface area contributed by atoms with Gasteiger partial charge in [-0.3, -0.25) is 4.79 Å². The Kier molecular flexibility index (Phi) is 5.83. The van der Waals surface area contributed by atoms with E-state index in [1.165, 1.54) is 0 Å². The molecule has 1 aliphatic heterocycles. The van der Waals surface area contributed by atoms with Crippen molar-refractivity contribution in [1.82, 2.24) is 15.3 Å². The van der Waals surface area contributed by atoms with E-state index in [1.54, 1.807) is 18.2 Å². The van der Waals surface area contributed by atoms with Crippen LogP contribution in [-0.2, 0) is 9.53 Å². The molecular formula is C18H20ClN3O3. The van der Waals surface area contributed by atoms with Crippen molar-refractivity contribution in [3.8, 4) is 17.3 Å². The van der Waals surface area contributed by atoms with Crippen LogP contribution in [0, 0.1) is 6.92 Å². The number of hydrogen-bond donors (Lipinski definition) is 1. The number of carbonyl (C=O) groups is 1. The number of amides is 1. The van der Waals surface area contributed by atoms with Crippen LogP contribution in [0.1, 0.15) is 18.5 Å². The van der Waals surface area contributed by atoms with E-state index in [0.29, 0.717) is 23.3 Å². The summed E-state index contributed by atoms with van der Waals surface area (Å²) in [6.45, 7) is 3.04. The molecule has 7 heteroatoms. The summed E-state index contributed by atoms with van der Waals surface area (Å²) in [6, 6.07) is 8.94. The van der Waals surface area contributed by atoms with Crippen LogP contribution in [0.4, 0.5) is 0 Å². The maximum absolute atomic E-state index is 11.9.